The van der Waals surface area contributed by atoms with E-state index in [0.717, 1.165) is 44.1 Å². The Morgan fingerprint density at radius 2 is 1.85 bits per heavy atom. The highest BCUT2D eigenvalue weighted by Gasteiger charge is 2.38. The summed E-state index contributed by atoms with van der Waals surface area (Å²) < 4.78 is 0. The number of β-amino-alcohol motifs (C(OH)–C–C–N with tert-alkyl or cyclic N) is 1. The van der Waals surface area contributed by atoms with Gasteiger partial charge in [-0.25, -0.2) is 0 Å². The van der Waals surface area contributed by atoms with E-state index in [1.54, 1.807) is 0 Å². The van der Waals surface area contributed by atoms with E-state index in [2.05, 4.69) is 0 Å². The van der Waals surface area contributed by atoms with E-state index in [-0.39, 0.29) is 5.92 Å². The van der Waals surface area contributed by atoms with Gasteiger partial charge >= 0.3 is 0 Å². The van der Waals surface area contributed by atoms with Gasteiger partial charge in [0, 0.05) is 19.0 Å². The lowest BCUT2D eigenvalue weighted by atomic mass is 9.67. The molecule has 3 fully saturated rings. The van der Waals surface area contributed by atoms with Gasteiger partial charge in [0.25, 0.3) is 0 Å². The van der Waals surface area contributed by atoms with Gasteiger partial charge in [-0.1, -0.05) is 25.7 Å². The van der Waals surface area contributed by atoms with E-state index in [4.69, 9.17) is 0 Å². The number of carbonyl (C=O) groups excluding carboxylic acids is 1. The first-order valence-electron chi connectivity index (χ1n) is 8.56. The molecule has 3 aliphatic rings. The largest absolute Gasteiger partial charge is 0.388 e. The number of rotatable bonds is 1. The molecule has 4 atom stereocenters. The highest BCUT2D eigenvalue weighted by Crippen LogP contribution is 2.43. The highest BCUT2D eigenvalue weighted by molar-refractivity contribution is 5.79. The Balaban J connectivity index is 1.60. The van der Waals surface area contributed by atoms with Crippen LogP contribution < -0.4 is 0 Å². The summed E-state index contributed by atoms with van der Waals surface area (Å²) in [6, 6.07) is 0. The van der Waals surface area contributed by atoms with Crippen molar-refractivity contribution in [1.29, 1.82) is 0 Å². The minimum Gasteiger partial charge on any atom is -0.388 e. The lowest BCUT2D eigenvalue weighted by Crippen LogP contribution is -2.51. The smallest absolute Gasteiger partial charge is 0.225 e. The standard InChI is InChI=1S/C17H29NO2/c1-17(20)9-4-10-18(12-17)16(19)15-8-7-13-5-2-3-6-14(13)11-15/h13-15,20H,2-12H2,1H3. The molecule has 114 valence electrons. The molecule has 0 aromatic rings. The third-order valence-electron chi connectivity index (χ3n) is 5.88. The Bertz CT molecular complexity index is 366. The first kappa shape index (κ1) is 14.4. The highest BCUT2D eigenvalue weighted by atomic mass is 16.3. The fraction of sp³-hybridized carbons (Fsp3) is 0.941. The third kappa shape index (κ3) is 3.03. The van der Waals surface area contributed by atoms with Crippen molar-refractivity contribution in [1.82, 2.24) is 4.90 Å². The average Bonchev–Trinajstić information content (AvgIpc) is 2.45. The second kappa shape index (κ2) is 5.67. The van der Waals surface area contributed by atoms with Crippen LogP contribution in [0.25, 0.3) is 0 Å². The number of nitrogens with zero attached hydrogens (tertiary/aromatic N) is 1. The number of hydrogen-bond acceptors (Lipinski definition) is 2. The molecule has 1 saturated heterocycles. The van der Waals surface area contributed by atoms with Crippen molar-refractivity contribution in [3.63, 3.8) is 0 Å². The van der Waals surface area contributed by atoms with Crippen LogP contribution in [0.1, 0.15) is 64.7 Å². The maximum atomic E-state index is 12.7. The summed E-state index contributed by atoms with van der Waals surface area (Å²) in [4.78, 5) is 14.7. The summed E-state index contributed by atoms with van der Waals surface area (Å²) in [5.74, 6) is 2.27. The van der Waals surface area contributed by atoms with Gasteiger partial charge in [-0.2, -0.15) is 0 Å². The molecule has 3 nitrogen and oxygen atoms in total. The Labute approximate surface area is 122 Å². The zero-order chi connectivity index (χ0) is 14.2. The molecule has 3 rings (SSSR count). The molecular weight excluding hydrogens is 250 g/mol. The topological polar surface area (TPSA) is 40.5 Å². The number of hydrogen-bond donors (Lipinski definition) is 1. The molecule has 1 aliphatic heterocycles. The molecular formula is C17H29NO2. The van der Waals surface area contributed by atoms with Crippen molar-refractivity contribution in [3.8, 4) is 0 Å². The Hall–Kier alpha value is -0.570. The molecule has 1 amide bonds. The minimum absolute atomic E-state index is 0.239. The summed E-state index contributed by atoms with van der Waals surface area (Å²) >= 11 is 0. The number of amides is 1. The van der Waals surface area contributed by atoms with E-state index >= 15 is 0 Å². The molecule has 1 heterocycles. The molecule has 2 aliphatic carbocycles. The van der Waals surface area contributed by atoms with Gasteiger partial charge in [-0.15, -0.1) is 0 Å². The number of fused-ring (bicyclic) bond motifs is 1. The predicted molar refractivity (Wildman–Crippen MR) is 79.2 cm³/mol. The van der Waals surface area contributed by atoms with Crippen molar-refractivity contribution < 1.29 is 9.90 Å². The average molecular weight is 279 g/mol. The molecule has 1 N–H and O–H groups in total. The van der Waals surface area contributed by atoms with Crippen LogP contribution in [0.15, 0.2) is 0 Å². The maximum Gasteiger partial charge on any atom is 0.225 e. The number of likely N-dealkylation sites (tertiary alicyclic amines) is 1. The summed E-state index contributed by atoms with van der Waals surface area (Å²) in [6.45, 7) is 3.25. The number of carbonyl (C=O) groups is 1. The summed E-state index contributed by atoms with van der Waals surface area (Å²) in [6.07, 6.45) is 10.7. The van der Waals surface area contributed by atoms with Crippen molar-refractivity contribution in [2.24, 2.45) is 17.8 Å². The Kier molecular flexibility index (Phi) is 4.07. The lowest BCUT2D eigenvalue weighted by Gasteiger charge is -2.42. The molecule has 3 heteroatoms. The second-order valence-corrected chi connectivity index (χ2v) is 7.67. The Morgan fingerprint density at radius 1 is 1.10 bits per heavy atom. The Morgan fingerprint density at radius 3 is 2.60 bits per heavy atom. The van der Waals surface area contributed by atoms with Crippen LogP contribution in [-0.2, 0) is 4.79 Å². The van der Waals surface area contributed by atoms with Gasteiger partial charge < -0.3 is 10.0 Å². The van der Waals surface area contributed by atoms with E-state index in [1.165, 1.54) is 32.1 Å². The van der Waals surface area contributed by atoms with Crippen LogP contribution in [0.5, 0.6) is 0 Å². The van der Waals surface area contributed by atoms with Crippen LogP contribution in [0.3, 0.4) is 0 Å². The summed E-state index contributed by atoms with van der Waals surface area (Å²) in [5.41, 5.74) is -0.671. The van der Waals surface area contributed by atoms with Crippen LogP contribution in [-0.4, -0.2) is 34.6 Å². The molecule has 2 saturated carbocycles. The molecule has 0 spiro atoms. The molecule has 4 unspecified atom stereocenters. The van der Waals surface area contributed by atoms with Gasteiger partial charge in [-0.3, -0.25) is 4.79 Å². The predicted octanol–water partition coefficient (Wildman–Crippen LogP) is 2.97. The first-order chi connectivity index (χ1) is 9.55. The zero-order valence-electron chi connectivity index (χ0n) is 12.8. The van der Waals surface area contributed by atoms with Gasteiger partial charge in [0.1, 0.15) is 0 Å². The zero-order valence-corrected chi connectivity index (χ0v) is 12.8. The van der Waals surface area contributed by atoms with Gasteiger partial charge in [0.15, 0.2) is 0 Å². The minimum atomic E-state index is -0.671. The van der Waals surface area contributed by atoms with E-state index in [1.807, 2.05) is 11.8 Å². The van der Waals surface area contributed by atoms with Crippen molar-refractivity contribution in [3.05, 3.63) is 0 Å². The fourth-order valence-electron chi connectivity index (χ4n) is 4.76. The second-order valence-electron chi connectivity index (χ2n) is 7.67. The van der Waals surface area contributed by atoms with Crippen LogP contribution in [0.4, 0.5) is 0 Å². The number of aliphatic hydroxyl groups is 1. The van der Waals surface area contributed by atoms with Gasteiger partial charge in [-0.05, 0) is 50.9 Å². The van der Waals surface area contributed by atoms with Gasteiger partial charge in [0.2, 0.25) is 5.91 Å². The molecule has 0 aromatic carbocycles. The van der Waals surface area contributed by atoms with E-state index in [9.17, 15) is 9.90 Å². The van der Waals surface area contributed by atoms with Crippen LogP contribution in [0.2, 0.25) is 0 Å². The third-order valence-corrected chi connectivity index (χ3v) is 5.88. The summed E-state index contributed by atoms with van der Waals surface area (Å²) in [7, 11) is 0. The van der Waals surface area contributed by atoms with Crippen molar-refractivity contribution in [2.45, 2.75) is 70.3 Å². The van der Waals surface area contributed by atoms with E-state index in [0.29, 0.717) is 12.5 Å². The quantitative estimate of drug-likeness (QED) is 0.801. The van der Waals surface area contributed by atoms with Crippen LogP contribution >= 0.6 is 0 Å². The molecule has 0 aromatic heterocycles. The SMILES string of the molecule is CC1(O)CCCN(C(=O)C2CCC3CCCCC3C2)C1. The molecule has 20 heavy (non-hydrogen) atoms. The monoisotopic (exact) mass is 279 g/mol. The normalized spacial score (nSPS) is 42.1. The van der Waals surface area contributed by atoms with E-state index < -0.39 is 5.60 Å². The lowest BCUT2D eigenvalue weighted by molar-refractivity contribution is -0.144. The fourth-order valence-corrected chi connectivity index (χ4v) is 4.76. The molecule has 0 bridgehead atoms. The van der Waals surface area contributed by atoms with Crippen LogP contribution in [0, 0.1) is 17.8 Å². The van der Waals surface area contributed by atoms with Crippen molar-refractivity contribution in [2.75, 3.05) is 13.1 Å². The summed E-state index contributed by atoms with van der Waals surface area (Å²) in [5, 5.41) is 10.2. The molecule has 0 radical (unpaired) electrons. The van der Waals surface area contributed by atoms with Crippen molar-refractivity contribution >= 4 is 5.91 Å². The first-order valence-corrected chi connectivity index (χ1v) is 8.56. The number of piperidine rings is 1. The van der Waals surface area contributed by atoms with Gasteiger partial charge in [0.05, 0.1) is 5.60 Å². The maximum absolute atomic E-state index is 12.7.